The molecule has 0 spiro atoms. The van der Waals surface area contributed by atoms with E-state index in [0.717, 1.165) is 11.4 Å². The molecule has 90 valence electrons. The van der Waals surface area contributed by atoms with Crippen molar-refractivity contribution in [1.82, 2.24) is 9.97 Å². The Morgan fingerprint density at radius 3 is 2.82 bits per heavy atom. The summed E-state index contributed by atoms with van der Waals surface area (Å²) in [7, 11) is 0. The molecular weight excluding hydrogens is 234 g/mol. The molecule has 0 saturated heterocycles. The zero-order chi connectivity index (χ0) is 12.3. The molecule has 0 fully saturated rings. The molecule has 2 aromatic rings. The molecule has 2 N–H and O–H groups in total. The lowest BCUT2D eigenvalue weighted by Crippen LogP contribution is -2.22. The Labute approximate surface area is 104 Å². The summed E-state index contributed by atoms with van der Waals surface area (Å²) in [6.07, 6.45) is 1.76. The van der Waals surface area contributed by atoms with Gasteiger partial charge in [0.2, 0.25) is 0 Å². The minimum Gasteiger partial charge on any atom is -0.375 e. The number of anilines is 1. The second-order valence-corrected chi connectivity index (χ2v) is 5.08. The SMILES string of the molecule is CC(C)(OCc1ccccn1)c1csc(N)n1. The molecule has 5 heteroatoms. The first-order valence-corrected chi connectivity index (χ1v) is 6.21. The standard InChI is InChI=1S/C12H15N3OS/c1-12(2,10-8-17-11(13)15-10)16-7-9-5-3-4-6-14-9/h3-6,8H,7H2,1-2H3,(H2,13,15). The van der Waals surface area contributed by atoms with Crippen molar-refractivity contribution >= 4 is 16.5 Å². The summed E-state index contributed by atoms with van der Waals surface area (Å²) in [4.78, 5) is 8.46. The second-order valence-electron chi connectivity index (χ2n) is 4.19. The van der Waals surface area contributed by atoms with Gasteiger partial charge in [-0.2, -0.15) is 0 Å². The molecule has 0 aliphatic rings. The quantitative estimate of drug-likeness (QED) is 0.904. The summed E-state index contributed by atoms with van der Waals surface area (Å²) in [6.45, 7) is 4.42. The molecule has 0 aromatic carbocycles. The molecule has 17 heavy (non-hydrogen) atoms. The van der Waals surface area contributed by atoms with Crippen LogP contribution in [0.3, 0.4) is 0 Å². The fraction of sp³-hybridized carbons (Fsp3) is 0.333. The topological polar surface area (TPSA) is 61.0 Å². The van der Waals surface area contributed by atoms with Crippen LogP contribution in [0.1, 0.15) is 25.2 Å². The minimum absolute atomic E-state index is 0.453. The van der Waals surface area contributed by atoms with Crippen LogP contribution in [0.2, 0.25) is 0 Å². The summed E-state index contributed by atoms with van der Waals surface area (Å²) in [5.41, 5.74) is 6.93. The van der Waals surface area contributed by atoms with Crippen molar-refractivity contribution in [2.24, 2.45) is 0 Å². The molecule has 0 radical (unpaired) electrons. The Hall–Kier alpha value is -1.46. The molecule has 0 aliphatic carbocycles. The first-order chi connectivity index (χ1) is 8.08. The molecule has 2 rings (SSSR count). The van der Waals surface area contributed by atoms with Gasteiger partial charge in [-0.15, -0.1) is 11.3 Å². The number of aromatic nitrogens is 2. The van der Waals surface area contributed by atoms with E-state index < -0.39 is 5.60 Å². The van der Waals surface area contributed by atoms with Gasteiger partial charge in [-0.1, -0.05) is 6.07 Å². The van der Waals surface area contributed by atoms with Crippen LogP contribution in [0, 0.1) is 0 Å². The van der Waals surface area contributed by atoms with Gasteiger partial charge in [-0.25, -0.2) is 4.98 Å². The Morgan fingerprint density at radius 2 is 2.24 bits per heavy atom. The average molecular weight is 249 g/mol. The third-order valence-electron chi connectivity index (χ3n) is 2.45. The average Bonchev–Trinajstić information content (AvgIpc) is 2.76. The third kappa shape index (κ3) is 3.01. The molecule has 0 unspecified atom stereocenters. The zero-order valence-corrected chi connectivity index (χ0v) is 10.7. The van der Waals surface area contributed by atoms with Gasteiger partial charge < -0.3 is 10.5 Å². The number of hydrogen-bond acceptors (Lipinski definition) is 5. The van der Waals surface area contributed by atoms with E-state index in [9.17, 15) is 0 Å². The van der Waals surface area contributed by atoms with E-state index in [1.807, 2.05) is 37.4 Å². The minimum atomic E-state index is -0.453. The van der Waals surface area contributed by atoms with E-state index in [1.54, 1.807) is 6.20 Å². The van der Waals surface area contributed by atoms with Gasteiger partial charge in [0.1, 0.15) is 5.60 Å². The van der Waals surface area contributed by atoms with Crippen LogP contribution in [0.15, 0.2) is 29.8 Å². The fourth-order valence-corrected chi connectivity index (χ4v) is 2.10. The Kier molecular flexibility index (Phi) is 3.40. The van der Waals surface area contributed by atoms with Crippen molar-refractivity contribution < 1.29 is 4.74 Å². The molecule has 0 aliphatic heterocycles. The Balaban J connectivity index is 2.03. The molecule has 4 nitrogen and oxygen atoms in total. The molecule has 0 saturated carbocycles. The van der Waals surface area contributed by atoms with Crippen molar-refractivity contribution in [1.29, 1.82) is 0 Å². The molecular formula is C12H15N3OS. The normalized spacial score (nSPS) is 11.6. The molecule has 0 bridgehead atoms. The van der Waals surface area contributed by atoms with E-state index >= 15 is 0 Å². The highest BCUT2D eigenvalue weighted by molar-refractivity contribution is 7.13. The fourth-order valence-electron chi connectivity index (χ4n) is 1.38. The summed E-state index contributed by atoms with van der Waals surface area (Å²) in [5.74, 6) is 0. The van der Waals surface area contributed by atoms with Crippen LogP contribution in [0.4, 0.5) is 5.13 Å². The van der Waals surface area contributed by atoms with Crippen LogP contribution in [0.5, 0.6) is 0 Å². The zero-order valence-electron chi connectivity index (χ0n) is 9.88. The lowest BCUT2D eigenvalue weighted by atomic mass is 10.1. The second kappa shape index (κ2) is 4.81. The molecule has 2 aromatic heterocycles. The van der Waals surface area contributed by atoms with Crippen molar-refractivity contribution in [3.05, 3.63) is 41.2 Å². The van der Waals surface area contributed by atoms with Gasteiger partial charge in [0.25, 0.3) is 0 Å². The molecule has 0 amide bonds. The number of pyridine rings is 1. The highest BCUT2D eigenvalue weighted by Gasteiger charge is 2.24. The van der Waals surface area contributed by atoms with E-state index in [4.69, 9.17) is 10.5 Å². The Morgan fingerprint density at radius 1 is 1.41 bits per heavy atom. The smallest absolute Gasteiger partial charge is 0.180 e. The van der Waals surface area contributed by atoms with E-state index in [-0.39, 0.29) is 0 Å². The van der Waals surface area contributed by atoms with Gasteiger partial charge in [0.15, 0.2) is 5.13 Å². The summed E-state index contributed by atoms with van der Waals surface area (Å²) in [6, 6.07) is 5.76. The highest BCUT2D eigenvalue weighted by Crippen LogP contribution is 2.27. The van der Waals surface area contributed by atoms with Crippen LogP contribution >= 0.6 is 11.3 Å². The van der Waals surface area contributed by atoms with E-state index in [0.29, 0.717) is 11.7 Å². The number of ether oxygens (including phenoxy) is 1. The number of rotatable bonds is 4. The summed E-state index contributed by atoms with van der Waals surface area (Å²) in [5, 5.41) is 2.49. The predicted octanol–water partition coefficient (Wildman–Crippen LogP) is 2.57. The predicted molar refractivity (Wildman–Crippen MR) is 68.6 cm³/mol. The number of nitrogens with two attached hydrogens (primary N) is 1. The summed E-state index contributed by atoms with van der Waals surface area (Å²) >= 11 is 1.42. The first kappa shape index (κ1) is 12.0. The number of nitrogens with zero attached hydrogens (tertiary/aromatic N) is 2. The number of nitrogen functional groups attached to an aromatic ring is 1. The maximum atomic E-state index is 5.84. The monoisotopic (exact) mass is 249 g/mol. The molecule has 2 heterocycles. The maximum absolute atomic E-state index is 5.84. The Bertz CT molecular complexity index is 482. The highest BCUT2D eigenvalue weighted by atomic mass is 32.1. The van der Waals surface area contributed by atoms with Gasteiger partial charge in [-0.05, 0) is 26.0 Å². The van der Waals surface area contributed by atoms with Crippen molar-refractivity contribution in [3.63, 3.8) is 0 Å². The third-order valence-corrected chi connectivity index (χ3v) is 3.12. The molecule has 0 atom stereocenters. The van der Waals surface area contributed by atoms with Crippen LogP contribution in [-0.4, -0.2) is 9.97 Å². The lowest BCUT2D eigenvalue weighted by molar-refractivity contribution is -0.0376. The number of thiazole rings is 1. The van der Waals surface area contributed by atoms with Crippen molar-refractivity contribution in [2.75, 3.05) is 5.73 Å². The van der Waals surface area contributed by atoms with Crippen LogP contribution in [-0.2, 0) is 16.9 Å². The maximum Gasteiger partial charge on any atom is 0.180 e. The van der Waals surface area contributed by atoms with Crippen LogP contribution in [0.25, 0.3) is 0 Å². The van der Waals surface area contributed by atoms with Gasteiger partial charge in [0, 0.05) is 11.6 Å². The van der Waals surface area contributed by atoms with Gasteiger partial charge in [-0.3, -0.25) is 4.98 Å². The summed E-state index contributed by atoms with van der Waals surface area (Å²) < 4.78 is 5.84. The largest absolute Gasteiger partial charge is 0.375 e. The van der Waals surface area contributed by atoms with Gasteiger partial charge in [0.05, 0.1) is 18.0 Å². The van der Waals surface area contributed by atoms with E-state index in [1.165, 1.54) is 11.3 Å². The van der Waals surface area contributed by atoms with Crippen molar-refractivity contribution in [2.45, 2.75) is 26.1 Å². The van der Waals surface area contributed by atoms with E-state index in [2.05, 4.69) is 9.97 Å². The first-order valence-electron chi connectivity index (χ1n) is 5.33. The van der Waals surface area contributed by atoms with Gasteiger partial charge >= 0.3 is 0 Å². The number of hydrogen-bond donors (Lipinski definition) is 1. The lowest BCUT2D eigenvalue weighted by Gasteiger charge is -2.23. The van der Waals surface area contributed by atoms with Crippen LogP contribution < -0.4 is 5.73 Å². The van der Waals surface area contributed by atoms with Crippen molar-refractivity contribution in [3.8, 4) is 0 Å².